The fourth-order valence-corrected chi connectivity index (χ4v) is 24.9. The molecule has 2 heterocycles. The van der Waals surface area contributed by atoms with Crippen LogP contribution in [0.4, 0.5) is 5.69 Å². The molecule has 22 atom stereocenters. The summed E-state index contributed by atoms with van der Waals surface area (Å²) in [6.07, 6.45) is 26.7. The van der Waals surface area contributed by atoms with Crippen molar-refractivity contribution in [2.24, 2.45) is 98.6 Å². The van der Waals surface area contributed by atoms with E-state index in [2.05, 4.69) is 86.9 Å². The Kier molecular flexibility index (Phi) is 15.3. The number of carbonyl (C=O) groups is 2. The summed E-state index contributed by atoms with van der Waals surface area (Å²) in [7, 11) is 1.93. The third kappa shape index (κ3) is 8.90. The van der Waals surface area contributed by atoms with E-state index in [4.69, 9.17) is 10.5 Å². The number of epoxide rings is 1. The molecule has 11 aliphatic carbocycles. The highest BCUT2D eigenvalue weighted by molar-refractivity contribution is 6.01. The minimum Gasteiger partial charge on any atom is -0.508 e. The molecule has 86 heavy (non-hydrogen) atoms. The van der Waals surface area contributed by atoms with Gasteiger partial charge in [-0.3, -0.25) is 9.59 Å². The third-order valence-corrected chi connectivity index (χ3v) is 27.7. The molecule has 11 nitrogen and oxygen atoms in total. The maximum absolute atomic E-state index is 16.7. The number of anilines is 1. The van der Waals surface area contributed by atoms with Gasteiger partial charge in [0, 0.05) is 61.2 Å². The van der Waals surface area contributed by atoms with E-state index in [-0.39, 0.29) is 108 Å². The van der Waals surface area contributed by atoms with Crippen molar-refractivity contribution in [3.63, 3.8) is 0 Å². The number of Topliss-reactive ketones (excluding diaryl/α,β-unsaturated/α-hetero) is 2. The topological polar surface area (TPSA) is 198 Å². The lowest BCUT2D eigenvalue weighted by Gasteiger charge is -2.76. The number of carbonyl (C=O) groups excluding carboxylic acids is 2. The van der Waals surface area contributed by atoms with Gasteiger partial charge in [-0.15, -0.1) is 0 Å². The molecule has 6 bridgehead atoms. The first-order chi connectivity index (χ1) is 41.3. The Balaban J connectivity index is 0.940. The van der Waals surface area contributed by atoms with Gasteiger partial charge < -0.3 is 46.6 Å². The van der Waals surface area contributed by atoms with Crippen LogP contribution >= 0.6 is 0 Å². The molecule has 2 aromatic rings. The molecule has 2 spiro atoms. The van der Waals surface area contributed by atoms with Crippen molar-refractivity contribution in [1.29, 1.82) is 0 Å². The molecule has 2 saturated heterocycles. The number of hydrogen-bond donors (Lipinski definition) is 8. The molecule has 13 aliphatic rings. The molecule has 468 valence electrons. The van der Waals surface area contributed by atoms with Crippen LogP contribution in [0, 0.1) is 98.6 Å². The Morgan fingerprint density at radius 1 is 0.837 bits per heavy atom. The number of allylic oxidation sites excluding steroid dienone is 5. The van der Waals surface area contributed by atoms with E-state index in [9.17, 15) is 25.5 Å². The maximum Gasteiger partial charge on any atom is 0.160 e. The molecular weight excluding hydrogens is 1070 g/mol. The predicted octanol–water partition coefficient (Wildman–Crippen LogP) is 11.8. The SMILES string of the molecule is CNCc1cc(O)cc(C2C(=O)C34CC=CC2C2(C5CCCC5)C3C(CC35C(CO)CCC6CCC(CO)C7C=CC(C(O)C8OC8(C)C8CCCC8c8cc(N)cc(CC(C)C)c8)C(C8=C(CCC23)C5(C)CC8=O)C67)NCC(C)(O)CCCC4)c1. The van der Waals surface area contributed by atoms with Crippen molar-refractivity contribution in [3.8, 4) is 5.75 Å². The van der Waals surface area contributed by atoms with Gasteiger partial charge in [0.1, 0.15) is 17.6 Å². The average molecular weight is 1180 g/mol. The summed E-state index contributed by atoms with van der Waals surface area (Å²) in [5.74, 6) is 0.911. The largest absolute Gasteiger partial charge is 0.508 e. The number of aromatic hydroxyl groups is 1. The first-order valence-corrected chi connectivity index (χ1v) is 34.8. The van der Waals surface area contributed by atoms with E-state index < -0.39 is 51.0 Å². The molecule has 9 N–H and O–H groups in total. The molecule has 2 aromatic carbocycles. The van der Waals surface area contributed by atoms with Gasteiger partial charge >= 0.3 is 0 Å². The molecule has 15 rings (SSSR count). The predicted molar refractivity (Wildman–Crippen MR) is 337 cm³/mol. The molecule has 0 aromatic heterocycles. The van der Waals surface area contributed by atoms with E-state index in [0.29, 0.717) is 50.5 Å². The number of aliphatic hydroxyl groups is 4. The second kappa shape index (κ2) is 22.0. The summed E-state index contributed by atoms with van der Waals surface area (Å²) in [6.45, 7) is 12.3. The number of phenolic OH excluding ortho intramolecular Hbond substituents is 1. The lowest BCUT2D eigenvalue weighted by molar-refractivity contribution is -0.259. The van der Waals surface area contributed by atoms with Crippen LogP contribution in [0.15, 0.2) is 71.8 Å². The van der Waals surface area contributed by atoms with Crippen molar-refractivity contribution in [2.75, 3.05) is 32.5 Å². The van der Waals surface area contributed by atoms with Gasteiger partial charge in [-0.1, -0.05) is 94.9 Å². The molecule has 22 unspecified atom stereocenters. The highest BCUT2D eigenvalue weighted by Gasteiger charge is 2.80. The van der Waals surface area contributed by atoms with E-state index in [1.807, 2.05) is 26.1 Å². The summed E-state index contributed by atoms with van der Waals surface area (Å²) in [4.78, 5) is 33.3. The number of benzene rings is 2. The molecule has 0 radical (unpaired) electrons. The van der Waals surface area contributed by atoms with Gasteiger partial charge in [0.2, 0.25) is 0 Å². The van der Waals surface area contributed by atoms with Crippen LogP contribution in [0.25, 0.3) is 0 Å². The monoisotopic (exact) mass is 1180 g/mol. The van der Waals surface area contributed by atoms with Gasteiger partial charge in [0.25, 0.3) is 0 Å². The summed E-state index contributed by atoms with van der Waals surface area (Å²) < 4.78 is 7.05. The van der Waals surface area contributed by atoms with Crippen molar-refractivity contribution >= 4 is 17.3 Å². The second-order valence-corrected chi connectivity index (χ2v) is 32.3. The van der Waals surface area contributed by atoms with E-state index in [0.717, 1.165) is 132 Å². The van der Waals surface area contributed by atoms with Crippen LogP contribution < -0.4 is 16.4 Å². The number of ether oxygens (including phenoxy) is 1. The zero-order valence-corrected chi connectivity index (χ0v) is 52.9. The van der Waals surface area contributed by atoms with Gasteiger partial charge in [0.15, 0.2) is 5.78 Å². The molecule has 11 heteroatoms. The molecule has 2 aliphatic heterocycles. The number of ketones is 2. The Labute approximate surface area is 513 Å². The smallest absolute Gasteiger partial charge is 0.160 e. The van der Waals surface area contributed by atoms with E-state index >= 15 is 9.59 Å². The summed E-state index contributed by atoms with van der Waals surface area (Å²) in [6, 6.07) is 12.5. The fraction of sp³-hybridized carbons (Fsp3) is 0.733. The van der Waals surface area contributed by atoms with Crippen LogP contribution in [-0.2, 0) is 27.3 Å². The Hall–Kier alpha value is -3.68. The number of fused-ring (bicyclic) bond motifs is 3. The number of nitrogens with two attached hydrogens (primary N) is 1. The summed E-state index contributed by atoms with van der Waals surface area (Å²) in [5.41, 5.74) is 10.2. The number of aliphatic hydroxyl groups excluding tert-OH is 3. The standard InChI is InChI=1S/C75H105N3O8/c1-42(2)29-43-30-47(34-51(76)32-43)53-15-11-16-56(53)72(5)69(86-72)66(83)55-23-22-54-46(39-79)19-18-45-20-21-50(40-80)74-36-59-67-73(27-10-9-26-70(3,85)41-78-59)28-12-17-58(63(68(73)84)48-31-44(38-77-6)33-52(81)35-48)75(67,49-13-7-8-14-49)61(74)25-24-57-65(64(55)62(45)54)60(82)37-71(57,74)4/h12,17,22-23,30-35,42,45-46,49-50,53-56,58-59,61-64,66-67,69,77-81,83,85H,7-11,13-16,18-21,24-29,36-41,76H2,1-6H3. The molecular formula is C75H105N3O8. The highest BCUT2D eigenvalue weighted by atomic mass is 16.6. The van der Waals surface area contributed by atoms with Crippen LogP contribution in [-0.4, -0.2) is 93.4 Å². The molecule has 8 fully saturated rings. The van der Waals surface area contributed by atoms with E-state index in [1.54, 1.807) is 0 Å². The zero-order chi connectivity index (χ0) is 60.0. The second-order valence-electron chi connectivity index (χ2n) is 32.3. The number of hydrogen-bond acceptors (Lipinski definition) is 11. The number of phenols is 1. The van der Waals surface area contributed by atoms with Gasteiger partial charge in [-0.25, -0.2) is 0 Å². The molecule has 6 saturated carbocycles. The van der Waals surface area contributed by atoms with Crippen molar-refractivity contribution in [1.82, 2.24) is 10.6 Å². The first-order valence-electron chi connectivity index (χ1n) is 34.8. The normalized spacial score (nSPS) is 45.6. The minimum atomic E-state index is -0.963. The van der Waals surface area contributed by atoms with Gasteiger partial charge in [-0.05, 0) is 257 Å². The fourth-order valence-electron chi connectivity index (χ4n) is 24.9. The number of nitrogen functional groups attached to an aromatic ring is 1. The lowest BCUT2D eigenvalue weighted by atomic mass is 9.27. The third-order valence-electron chi connectivity index (χ3n) is 27.7. The molecule has 0 amide bonds. The zero-order valence-electron chi connectivity index (χ0n) is 52.9. The Morgan fingerprint density at radius 3 is 2.38 bits per heavy atom. The van der Waals surface area contributed by atoms with Crippen molar-refractivity contribution in [2.45, 2.75) is 217 Å². The van der Waals surface area contributed by atoms with Crippen molar-refractivity contribution < 1.29 is 39.9 Å². The average Bonchev–Trinajstić information content (AvgIpc) is 1.11. The highest BCUT2D eigenvalue weighted by Crippen LogP contribution is 2.82. The maximum atomic E-state index is 16.7. The van der Waals surface area contributed by atoms with Gasteiger partial charge in [0.05, 0.1) is 23.2 Å². The van der Waals surface area contributed by atoms with Gasteiger partial charge in [-0.2, -0.15) is 0 Å². The Morgan fingerprint density at radius 2 is 1.62 bits per heavy atom. The number of nitrogens with one attached hydrogen (secondary N) is 2. The van der Waals surface area contributed by atoms with E-state index in [1.165, 1.54) is 16.7 Å². The van der Waals surface area contributed by atoms with Crippen LogP contribution in [0.5, 0.6) is 5.75 Å². The Bertz CT molecular complexity index is 3050. The van der Waals surface area contributed by atoms with Crippen molar-refractivity contribution in [3.05, 3.63) is 94.1 Å². The first kappa shape index (κ1) is 59.9. The number of rotatable bonds is 12. The number of β-amino-alcohol motifs (C(OH)–C–C–N with tert-alkyl or cyclic N) is 1. The summed E-state index contributed by atoms with van der Waals surface area (Å²) >= 11 is 0. The van der Waals surface area contributed by atoms with Crippen LogP contribution in [0.3, 0.4) is 0 Å². The lowest BCUT2D eigenvalue weighted by Crippen LogP contribution is -2.76. The summed E-state index contributed by atoms with van der Waals surface area (Å²) in [5, 5.41) is 69.2. The van der Waals surface area contributed by atoms with Crippen LogP contribution in [0.2, 0.25) is 0 Å². The van der Waals surface area contributed by atoms with Crippen LogP contribution in [0.1, 0.15) is 197 Å². The minimum absolute atomic E-state index is 0.00577. The quantitative estimate of drug-likeness (QED) is 0.0572.